The van der Waals surface area contributed by atoms with Crippen molar-refractivity contribution in [1.29, 1.82) is 0 Å². The SMILES string of the molecule is CC(C)N1CCC(=O)N(C2CC2)C1=O. The van der Waals surface area contributed by atoms with Gasteiger partial charge in [-0.05, 0) is 26.7 Å². The Morgan fingerprint density at radius 1 is 1.29 bits per heavy atom. The Balaban J connectivity index is 2.13. The number of carbonyl (C=O) groups is 2. The number of imide groups is 1. The zero-order valence-corrected chi connectivity index (χ0v) is 8.69. The lowest BCUT2D eigenvalue weighted by molar-refractivity contribution is -0.131. The lowest BCUT2D eigenvalue weighted by atomic mass is 10.2. The monoisotopic (exact) mass is 196 g/mol. The van der Waals surface area contributed by atoms with Gasteiger partial charge in [0.2, 0.25) is 5.91 Å². The molecule has 1 heterocycles. The minimum absolute atomic E-state index is 0.00870. The van der Waals surface area contributed by atoms with Crippen LogP contribution in [0.3, 0.4) is 0 Å². The molecule has 1 saturated heterocycles. The number of hydrogen-bond acceptors (Lipinski definition) is 2. The first-order valence-corrected chi connectivity index (χ1v) is 5.24. The lowest BCUT2D eigenvalue weighted by Crippen LogP contribution is -2.55. The van der Waals surface area contributed by atoms with Gasteiger partial charge in [-0.15, -0.1) is 0 Å². The summed E-state index contributed by atoms with van der Waals surface area (Å²) in [6, 6.07) is 0.312. The summed E-state index contributed by atoms with van der Waals surface area (Å²) in [7, 11) is 0. The van der Waals surface area contributed by atoms with Crippen LogP contribution in [0.15, 0.2) is 0 Å². The van der Waals surface area contributed by atoms with Crippen LogP contribution in [0, 0.1) is 0 Å². The molecular weight excluding hydrogens is 180 g/mol. The molecule has 0 bridgehead atoms. The lowest BCUT2D eigenvalue weighted by Gasteiger charge is -2.36. The third-order valence-electron chi connectivity index (χ3n) is 2.82. The van der Waals surface area contributed by atoms with Crippen molar-refractivity contribution in [3.63, 3.8) is 0 Å². The summed E-state index contributed by atoms with van der Waals surface area (Å²) in [4.78, 5) is 26.7. The molecule has 0 atom stereocenters. The quantitative estimate of drug-likeness (QED) is 0.666. The molecule has 1 saturated carbocycles. The highest BCUT2D eigenvalue weighted by Gasteiger charge is 2.42. The van der Waals surface area contributed by atoms with E-state index in [0.717, 1.165) is 12.8 Å². The van der Waals surface area contributed by atoms with Gasteiger partial charge in [-0.3, -0.25) is 9.69 Å². The van der Waals surface area contributed by atoms with Gasteiger partial charge >= 0.3 is 6.03 Å². The van der Waals surface area contributed by atoms with Gasteiger partial charge in [0.05, 0.1) is 0 Å². The molecule has 1 aliphatic heterocycles. The van der Waals surface area contributed by atoms with Gasteiger partial charge in [0.1, 0.15) is 0 Å². The molecule has 2 aliphatic rings. The number of nitrogens with zero attached hydrogens (tertiary/aromatic N) is 2. The van der Waals surface area contributed by atoms with E-state index in [1.807, 2.05) is 13.8 Å². The van der Waals surface area contributed by atoms with E-state index in [-0.39, 0.29) is 24.0 Å². The minimum atomic E-state index is -0.0845. The summed E-state index contributed by atoms with van der Waals surface area (Å²) < 4.78 is 0. The van der Waals surface area contributed by atoms with Crippen molar-refractivity contribution in [3.8, 4) is 0 Å². The number of urea groups is 1. The average molecular weight is 196 g/mol. The van der Waals surface area contributed by atoms with Gasteiger partial charge in [0, 0.05) is 25.0 Å². The normalized spacial score (nSPS) is 23.6. The zero-order valence-electron chi connectivity index (χ0n) is 8.69. The Kier molecular flexibility index (Phi) is 2.21. The summed E-state index contributed by atoms with van der Waals surface area (Å²) in [5.74, 6) is 0.00870. The summed E-state index contributed by atoms with van der Waals surface area (Å²) in [6.07, 6.45) is 2.47. The van der Waals surface area contributed by atoms with Crippen molar-refractivity contribution in [2.24, 2.45) is 0 Å². The van der Waals surface area contributed by atoms with Crippen LogP contribution in [0.2, 0.25) is 0 Å². The third-order valence-corrected chi connectivity index (χ3v) is 2.82. The third kappa shape index (κ3) is 1.49. The number of amides is 3. The van der Waals surface area contributed by atoms with Crippen LogP contribution >= 0.6 is 0 Å². The van der Waals surface area contributed by atoms with E-state index in [0.29, 0.717) is 13.0 Å². The fraction of sp³-hybridized carbons (Fsp3) is 0.800. The molecule has 4 heteroatoms. The highest BCUT2D eigenvalue weighted by molar-refractivity contribution is 5.97. The van der Waals surface area contributed by atoms with Crippen molar-refractivity contribution < 1.29 is 9.59 Å². The van der Waals surface area contributed by atoms with Crippen molar-refractivity contribution in [1.82, 2.24) is 9.80 Å². The second kappa shape index (κ2) is 3.26. The number of rotatable bonds is 2. The van der Waals surface area contributed by atoms with Crippen LogP contribution in [-0.2, 0) is 4.79 Å². The standard InChI is InChI=1S/C10H16N2O2/c1-7(2)11-6-5-9(13)12(10(11)14)8-3-4-8/h7-8H,3-6H2,1-2H3. The second-order valence-electron chi connectivity index (χ2n) is 4.31. The molecule has 2 fully saturated rings. The van der Waals surface area contributed by atoms with Crippen molar-refractivity contribution in [2.45, 2.75) is 45.2 Å². The summed E-state index contributed by atoms with van der Waals surface area (Å²) in [5, 5.41) is 0. The Hall–Kier alpha value is -1.06. The van der Waals surface area contributed by atoms with Gasteiger partial charge in [0.25, 0.3) is 0 Å². The first kappa shape index (κ1) is 9.49. The van der Waals surface area contributed by atoms with Crippen molar-refractivity contribution in [3.05, 3.63) is 0 Å². The average Bonchev–Trinajstić information content (AvgIpc) is 2.87. The zero-order chi connectivity index (χ0) is 10.3. The predicted molar refractivity (Wildman–Crippen MR) is 51.7 cm³/mol. The molecule has 0 aromatic carbocycles. The fourth-order valence-electron chi connectivity index (χ4n) is 1.85. The molecular formula is C10H16N2O2. The molecule has 78 valence electrons. The van der Waals surface area contributed by atoms with Crippen LogP contribution in [0.5, 0.6) is 0 Å². The van der Waals surface area contributed by atoms with Gasteiger partial charge in [-0.2, -0.15) is 0 Å². The molecule has 2 rings (SSSR count). The molecule has 3 amide bonds. The molecule has 0 aromatic heterocycles. The van der Waals surface area contributed by atoms with Crippen LogP contribution in [0.25, 0.3) is 0 Å². The molecule has 0 unspecified atom stereocenters. The van der Waals surface area contributed by atoms with Crippen LogP contribution in [0.1, 0.15) is 33.1 Å². The van der Waals surface area contributed by atoms with Crippen molar-refractivity contribution >= 4 is 11.9 Å². The van der Waals surface area contributed by atoms with Gasteiger partial charge in [-0.1, -0.05) is 0 Å². The molecule has 1 aliphatic carbocycles. The Bertz CT molecular complexity index is 271. The van der Waals surface area contributed by atoms with E-state index >= 15 is 0 Å². The van der Waals surface area contributed by atoms with Gasteiger partial charge in [-0.25, -0.2) is 4.79 Å². The number of carbonyl (C=O) groups excluding carboxylic acids is 2. The van der Waals surface area contributed by atoms with E-state index in [1.165, 1.54) is 4.90 Å². The molecule has 0 N–H and O–H groups in total. The fourth-order valence-corrected chi connectivity index (χ4v) is 1.85. The van der Waals surface area contributed by atoms with Crippen LogP contribution < -0.4 is 0 Å². The predicted octanol–water partition coefficient (Wildman–Crippen LogP) is 1.21. The van der Waals surface area contributed by atoms with E-state index in [9.17, 15) is 9.59 Å². The first-order chi connectivity index (χ1) is 6.61. The number of hydrogen-bond donors (Lipinski definition) is 0. The second-order valence-corrected chi connectivity index (χ2v) is 4.31. The van der Waals surface area contributed by atoms with E-state index in [4.69, 9.17) is 0 Å². The topological polar surface area (TPSA) is 40.6 Å². The molecule has 14 heavy (non-hydrogen) atoms. The highest BCUT2D eigenvalue weighted by Crippen LogP contribution is 2.30. The van der Waals surface area contributed by atoms with E-state index in [1.54, 1.807) is 4.90 Å². The maximum absolute atomic E-state index is 11.9. The van der Waals surface area contributed by atoms with Gasteiger partial charge in [0.15, 0.2) is 0 Å². The van der Waals surface area contributed by atoms with Crippen LogP contribution in [-0.4, -0.2) is 40.4 Å². The summed E-state index contributed by atoms with van der Waals surface area (Å²) in [6.45, 7) is 4.55. The van der Waals surface area contributed by atoms with E-state index < -0.39 is 0 Å². The minimum Gasteiger partial charge on any atom is -0.321 e. The van der Waals surface area contributed by atoms with Crippen molar-refractivity contribution in [2.75, 3.05) is 6.54 Å². The Morgan fingerprint density at radius 2 is 1.93 bits per heavy atom. The van der Waals surface area contributed by atoms with Gasteiger partial charge < -0.3 is 4.90 Å². The summed E-state index contributed by atoms with van der Waals surface area (Å²) >= 11 is 0. The Morgan fingerprint density at radius 3 is 2.43 bits per heavy atom. The molecule has 0 spiro atoms. The molecule has 0 radical (unpaired) electrons. The first-order valence-electron chi connectivity index (χ1n) is 5.24. The largest absolute Gasteiger partial charge is 0.327 e. The molecule has 4 nitrogen and oxygen atoms in total. The molecule has 0 aromatic rings. The highest BCUT2D eigenvalue weighted by atomic mass is 16.2. The maximum Gasteiger partial charge on any atom is 0.327 e. The maximum atomic E-state index is 11.9. The van der Waals surface area contributed by atoms with Crippen LogP contribution in [0.4, 0.5) is 4.79 Å². The van der Waals surface area contributed by atoms with E-state index in [2.05, 4.69) is 0 Å². The summed E-state index contributed by atoms with van der Waals surface area (Å²) in [5.41, 5.74) is 0. The Labute approximate surface area is 83.9 Å². The smallest absolute Gasteiger partial charge is 0.321 e.